The first-order chi connectivity index (χ1) is 7.16. The van der Waals surface area contributed by atoms with Crippen LogP contribution in [0.15, 0.2) is 0 Å². The number of urea groups is 1. The molecule has 0 bridgehead atoms. The number of hydrogen-bond donors (Lipinski definition) is 5. The van der Waals surface area contributed by atoms with Crippen LogP contribution in [0.25, 0.3) is 0 Å². The number of Topliss-reactive ketones (excluding diaryl/α,β-unsaturated/α-hetero) is 1. The van der Waals surface area contributed by atoms with Crippen LogP contribution in [0, 0.1) is 0 Å². The van der Waals surface area contributed by atoms with Gasteiger partial charge in [0, 0.05) is 0 Å². The van der Waals surface area contributed by atoms with Gasteiger partial charge in [0.15, 0.2) is 0 Å². The molecule has 2 amide bonds. The average molecular weight is 234 g/mol. The molecule has 0 rings (SSSR count). The molecule has 0 saturated carbocycles. The highest BCUT2D eigenvalue weighted by Crippen LogP contribution is 2.08. The van der Waals surface area contributed by atoms with E-state index in [1.807, 2.05) is 0 Å². The minimum atomic E-state index is -3.63. The van der Waals surface area contributed by atoms with Gasteiger partial charge in [-0.1, -0.05) is 0 Å². The molecule has 0 unspecified atom stereocenters. The number of nitrogens with one attached hydrogen (secondary N) is 1. The Labute approximate surface area is 86.6 Å². The summed E-state index contributed by atoms with van der Waals surface area (Å²) in [5.74, 6) is -9.32. The fraction of sp³-hybridized carbons (Fsp3) is 0.167. The lowest BCUT2D eigenvalue weighted by Crippen LogP contribution is -2.67. The zero-order valence-corrected chi connectivity index (χ0v) is 7.46. The molecule has 0 aromatic rings. The molecule has 0 heterocycles. The molecule has 0 aliphatic rings. The lowest BCUT2D eigenvalue weighted by atomic mass is 9.94. The van der Waals surface area contributed by atoms with Crippen molar-refractivity contribution < 1.29 is 39.3 Å². The Morgan fingerprint density at radius 2 is 1.31 bits per heavy atom. The van der Waals surface area contributed by atoms with Crippen molar-refractivity contribution in [3.05, 3.63) is 0 Å². The number of carboxylic acids is 3. The second kappa shape index (κ2) is 4.25. The molecule has 0 aromatic carbocycles. The summed E-state index contributed by atoms with van der Waals surface area (Å²) in [5.41, 5.74) is 0.843. The summed E-state index contributed by atoms with van der Waals surface area (Å²) in [6.45, 7) is 0. The Morgan fingerprint density at radius 3 is 1.50 bits per heavy atom. The summed E-state index contributed by atoms with van der Waals surface area (Å²) < 4.78 is 0. The van der Waals surface area contributed by atoms with Crippen LogP contribution < -0.4 is 11.1 Å². The van der Waals surface area contributed by atoms with E-state index in [0.717, 1.165) is 5.32 Å². The quantitative estimate of drug-likeness (QED) is 0.249. The molecule has 10 nitrogen and oxygen atoms in total. The van der Waals surface area contributed by atoms with Crippen molar-refractivity contribution in [1.29, 1.82) is 0 Å². The van der Waals surface area contributed by atoms with Gasteiger partial charge in [-0.25, -0.2) is 19.2 Å². The van der Waals surface area contributed by atoms with E-state index in [0.29, 0.717) is 0 Å². The molecule has 0 aliphatic carbocycles. The molecule has 10 heteroatoms. The molecule has 0 spiro atoms. The number of carboxylic acid groups (broad SMARTS) is 3. The molecule has 6 N–H and O–H groups in total. The lowest BCUT2D eigenvalue weighted by Gasteiger charge is -2.21. The van der Waals surface area contributed by atoms with Crippen LogP contribution in [0.5, 0.6) is 0 Å². The van der Waals surface area contributed by atoms with Gasteiger partial charge in [0.1, 0.15) is 0 Å². The minimum Gasteiger partial charge on any atom is -0.479 e. The molecule has 0 atom stereocenters. The number of ketones is 1. The van der Waals surface area contributed by atoms with Crippen LogP contribution >= 0.6 is 0 Å². The number of carbonyl (C=O) groups excluding carboxylic acids is 2. The second-order valence-corrected chi connectivity index (χ2v) is 2.48. The van der Waals surface area contributed by atoms with E-state index in [4.69, 9.17) is 15.3 Å². The van der Waals surface area contributed by atoms with Crippen LogP contribution in [0.1, 0.15) is 0 Å². The van der Waals surface area contributed by atoms with Crippen LogP contribution in [0.3, 0.4) is 0 Å². The summed E-state index contributed by atoms with van der Waals surface area (Å²) in [5, 5.41) is 26.4. The third kappa shape index (κ3) is 2.05. The number of hydrogen-bond acceptors (Lipinski definition) is 5. The number of amides is 2. The van der Waals surface area contributed by atoms with E-state index >= 15 is 0 Å². The van der Waals surface area contributed by atoms with Crippen molar-refractivity contribution in [2.45, 2.75) is 5.54 Å². The van der Waals surface area contributed by atoms with Gasteiger partial charge in [-0.2, -0.15) is 0 Å². The minimum absolute atomic E-state index is 1.08. The molecular weight excluding hydrogens is 228 g/mol. The second-order valence-electron chi connectivity index (χ2n) is 2.48. The monoisotopic (exact) mass is 234 g/mol. The van der Waals surface area contributed by atoms with Crippen molar-refractivity contribution in [1.82, 2.24) is 5.32 Å². The normalized spacial score (nSPS) is 10.2. The van der Waals surface area contributed by atoms with Crippen LogP contribution in [-0.4, -0.2) is 50.6 Å². The molecule has 0 saturated heterocycles. The maximum Gasteiger partial charge on any atom is 0.376 e. The molecule has 16 heavy (non-hydrogen) atoms. The van der Waals surface area contributed by atoms with E-state index in [2.05, 4.69) is 5.73 Å². The summed E-state index contributed by atoms with van der Waals surface area (Å²) in [7, 11) is 0. The summed E-state index contributed by atoms with van der Waals surface area (Å²) in [6.07, 6.45) is 0. The van der Waals surface area contributed by atoms with Gasteiger partial charge in [-0.15, -0.1) is 0 Å². The van der Waals surface area contributed by atoms with Crippen molar-refractivity contribution >= 4 is 29.7 Å². The molecule has 0 radical (unpaired) electrons. The first-order valence-corrected chi connectivity index (χ1v) is 3.48. The highest BCUT2D eigenvalue weighted by Gasteiger charge is 2.58. The number of carbonyl (C=O) groups is 5. The summed E-state index contributed by atoms with van der Waals surface area (Å²) in [4.78, 5) is 52.8. The van der Waals surface area contributed by atoms with Crippen molar-refractivity contribution in [2.75, 3.05) is 0 Å². The molecule has 0 aliphatic heterocycles. The predicted molar refractivity (Wildman–Crippen MR) is 43.4 cm³/mol. The van der Waals surface area contributed by atoms with Crippen LogP contribution in [0.2, 0.25) is 0 Å². The average Bonchev–Trinajstić information content (AvgIpc) is 2.11. The molecule has 0 aromatic heterocycles. The molecular formula is C6H6N2O8. The van der Waals surface area contributed by atoms with Gasteiger partial charge in [0.2, 0.25) is 0 Å². The predicted octanol–water partition coefficient (Wildman–Crippen LogP) is -2.78. The Morgan fingerprint density at radius 1 is 0.938 bits per heavy atom. The zero-order valence-electron chi connectivity index (χ0n) is 7.46. The lowest BCUT2D eigenvalue weighted by molar-refractivity contribution is -0.167. The Balaban J connectivity index is 5.71. The number of rotatable bonds is 5. The molecule has 0 fully saturated rings. The van der Waals surface area contributed by atoms with E-state index in [9.17, 15) is 24.0 Å². The first kappa shape index (κ1) is 13.4. The maximum atomic E-state index is 11.0. The molecule has 88 valence electrons. The largest absolute Gasteiger partial charge is 0.479 e. The van der Waals surface area contributed by atoms with E-state index < -0.39 is 35.3 Å². The van der Waals surface area contributed by atoms with Gasteiger partial charge in [-0.05, 0) is 0 Å². The fourth-order valence-electron chi connectivity index (χ4n) is 0.795. The van der Waals surface area contributed by atoms with E-state index in [1.54, 1.807) is 0 Å². The number of aliphatic carboxylic acids is 3. The summed E-state index contributed by atoms with van der Waals surface area (Å²) in [6, 6.07) is -1.67. The van der Waals surface area contributed by atoms with Gasteiger partial charge in [0.05, 0.1) is 0 Å². The first-order valence-electron chi connectivity index (χ1n) is 3.48. The van der Waals surface area contributed by atoms with Crippen molar-refractivity contribution in [3.63, 3.8) is 0 Å². The van der Waals surface area contributed by atoms with Crippen LogP contribution in [0.4, 0.5) is 4.79 Å². The number of nitrogens with two attached hydrogens (primary N) is 1. The topological polar surface area (TPSA) is 184 Å². The van der Waals surface area contributed by atoms with Crippen LogP contribution in [-0.2, 0) is 19.2 Å². The van der Waals surface area contributed by atoms with Gasteiger partial charge < -0.3 is 26.4 Å². The van der Waals surface area contributed by atoms with E-state index in [1.165, 1.54) is 0 Å². The van der Waals surface area contributed by atoms with Crippen molar-refractivity contribution in [3.8, 4) is 0 Å². The van der Waals surface area contributed by atoms with E-state index in [-0.39, 0.29) is 0 Å². The van der Waals surface area contributed by atoms with Gasteiger partial charge in [-0.3, -0.25) is 4.79 Å². The Kier molecular flexibility index (Phi) is 3.55. The Bertz CT molecular complexity index is 372. The third-order valence-corrected chi connectivity index (χ3v) is 1.49. The zero-order chi connectivity index (χ0) is 13.1. The Hall–Kier alpha value is -2.65. The standard InChI is InChI=1S/C6H6N2O8/c7-5(16)8-6(3(12)13,4(14)15)1(9)2(10)11/h(H,10,11)(H,12,13)(H,14,15)(H3,7,8,16). The number of primary amides is 1. The highest BCUT2D eigenvalue weighted by molar-refractivity contribution is 6.47. The summed E-state index contributed by atoms with van der Waals surface area (Å²) >= 11 is 0. The van der Waals surface area contributed by atoms with Gasteiger partial charge >= 0.3 is 29.5 Å². The maximum absolute atomic E-state index is 11.0. The smallest absolute Gasteiger partial charge is 0.376 e. The van der Waals surface area contributed by atoms with Crippen molar-refractivity contribution in [2.24, 2.45) is 5.73 Å². The highest BCUT2D eigenvalue weighted by atomic mass is 16.4. The third-order valence-electron chi connectivity index (χ3n) is 1.49. The fourth-order valence-corrected chi connectivity index (χ4v) is 0.795. The van der Waals surface area contributed by atoms with Gasteiger partial charge in [0.25, 0.3) is 5.78 Å². The SMILES string of the molecule is NC(=O)NC(C(=O)O)(C(=O)O)C(=O)C(=O)O.